The average Bonchev–Trinajstić information content (AvgIpc) is 3.31. The predicted molar refractivity (Wildman–Crippen MR) is 300 cm³/mol. The molecule has 0 aromatic heterocycles. The van der Waals surface area contributed by atoms with Crippen molar-refractivity contribution in [3.05, 3.63) is 60.8 Å². The van der Waals surface area contributed by atoms with Crippen LogP contribution >= 0.6 is 7.82 Å². The van der Waals surface area contributed by atoms with Gasteiger partial charge in [-0.25, -0.2) is 4.57 Å². The van der Waals surface area contributed by atoms with Gasteiger partial charge in [0.05, 0.1) is 39.9 Å². The van der Waals surface area contributed by atoms with Crippen molar-refractivity contribution in [3.8, 4) is 0 Å². The van der Waals surface area contributed by atoms with Gasteiger partial charge in [0.25, 0.3) is 0 Å². The molecule has 0 aromatic carbocycles. The molecule has 3 unspecified atom stereocenters. The van der Waals surface area contributed by atoms with Crippen LogP contribution in [-0.4, -0.2) is 73.4 Å². The fraction of sp³-hybridized carbons (Fsp3) is 0.817. The minimum atomic E-state index is -4.35. The molecule has 0 radical (unpaired) electrons. The SMILES string of the molecule is CC/C=C\C/C=C\C/C=C\C/C=C\CCCCCCCCCCCCCCCCCCCCC(=O)NC(COP(=O)(O)OCC[N+](C)(C)C)C(O)/C=C/CCCCCCCCCCCCCCCC. The van der Waals surface area contributed by atoms with Crippen molar-refractivity contribution in [2.45, 2.75) is 276 Å². The molecular weight excluding hydrogens is 876 g/mol. The normalized spacial score (nSPS) is 14.4. The van der Waals surface area contributed by atoms with Gasteiger partial charge in [0.15, 0.2) is 0 Å². The summed E-state index contributed by atoms with van der Waals surface area (Å²) in [6.07, 6.45) is 68.9. The summed E-state index contributed by atoms with van der Waals surface area (Å²) in [5, 5.41) is 13.9. The van der Waals surface area contributed by atoms with E-state index in [1.165, 1.54) is 180 Å². The van der Waals surface area contributed by atoms with Crippen LogP contribution in [0.1, 0.15) is 264 Å². The second kappa shape index (κ2) is 51.1. The third-order valence-electron chi connectivity index (χ3n) is 13.0. The van der Waals surface area contributed by atoms with E-state index in [2.05, 4.69) is 67.8 Å². The Balaban J connectivity index is 4.09. The van der Waals surface area contributed by atoms with Gasteiger partial charge in [-0.1, -0.05) is 261 Å². The fourth-order valence-corrected chi connectivity index (χ4v) is 9.18. The molecule has 3 N–H and O–H groups in total. The van der Waals surface area contributed by atoms with Crippen molar-refractivity contribution >= 4 is 13.7 Å². The Morgan fingerprint density at radius 3 is 1.28 bits per heavy atom. The number of hydrogen-bond donors (Lipinski definition) is 3. The first kappa shape index (κ1) is 67.2. The van der Waals surface area contributed by atoms with Gasteiger partial charge < -0.3 is 19.8 Å². The van der Waals surface area contributed by atoms with E-state index in [1.54, 1.807) is 6.08 Å². The number of likely N-dealkylation sites (N-methyl/N-ethyl adjacent to an activating group) is 1. The maximum atomic E-state index is 13.0. The number of amides is 1. The Hall–Kier alpha value is -1.80. The smallest absolute Gasteiger partial charge is 0.387 e. The van der Waals surface area contributed by atoms with Gasteiger partial charge >= 0.3 is 7.82 Å². The minimum absolute atomic E-state index is 0.0616. The molecule has 8 nitrogen and oxygen atoms in total. The minimum Gasteiger partial charge on any atom is -0.387 e. The number of rotatable bonds is 53. The molecule has 404 valence electrons. The van der Waals surface area contributed by atoms with Crippen molar-refractivity contribution in [1.82, 2.24) is 5.32 Å². The number of unbranched alkanes of at least 4 members (excludes halogenated alkanes) is 32. The lowest BCUT2D eigenvalue weighted by Gasteiger charge is -2.25. The molecule has 0 bridgehead atoms. The van der Waals surface area contributed by atoms with E-state index in [-0.39, 0.29) is 19.1 Å². The summed E-state index contributed by atoms with van der Waals surface area (Å²) in [6.45, 7) is 4.72. The van der Waals surface area contributed by atoms with Crippen LogP contribution in [0.4, 0.5) is 0 Å². The van der Waals surface area contributed by atoms with Crippen molar-refractivity contribution in [2.75, 3.05) is 40.9 Å². The molecule has 0 aliphatic heterocycles. The zero-order chi connectivity index (χ0) is 50.6. The number of phosphoric ester groups is 1. The van der Waals surface area contributed by atoms with E-state index >= 15 is 0 Å². The Labute approximate surface area is 428 Å². The van der Waals surface area contributed by atoms with Crippen molar-refractivity contribution in [1.29, 1.82) is 0 Å². The fourth-order valence-electron chi connectivity index (χ4n) is 8.45. The van der Waals surface area contributed by atoms with Crippen molar-refractivity contribution in [3.63, 3.8) is 0 Å². The molecule has 0 spiro atoms. The molecule has 69 heavy (non-hydrogen) atoms. The van der Waals surface area contributed by atoms with Gasteiger partial charge in [-0.15, -0.1) is 0 Å². The van der Waals surface area contributed by atoms with Crippen LogP contribution in [0.15, 0.2) is 60.8 Å². The maximum Gasteiger partial charge on any atom is 0.472 e. The highest BCUT2D eigenvalue weighted by atomic mass is 31.2. The second-order valence-electron chi connectivity index (χ2n) is 21.0. The average molecular weight is 991 g/mol. The summed E-state index contributed by atoms with van der Waals surface area (Å²) in [5.74, 6) is -0.175. The van der Waals surface area contributed by atoms with Crippen LogP contribution in [-0.2, 0) is 18.4 Å². The molecule has 0 rings (SSSR count). The summed E-state index contributed by atoms with van der Waals surface area (Å²) < 4.78 is 23.7. The lowest BCUT2D eigenvalue weighted by atomic mass is 10.0. The number of hydrogen-bond acceptors (Lipinski definition) is 5. The Bertz CT molecular complexity index is 1310. The quantitative estimate of drug-likeness (QED) is 0.0243. The highest BCUT2D eigenvalue weighted by molar-refractivity contribution is 7.47. The number of aliphatic hydroxyl groups excluding tert-OH is 1. The van der Waals surface area contributed by atoms with Gasteiger partial charge in [0, 0.05) is 6.42 Å². The van der Waals surface area contributed by atoms with Gasteiger partial charge in [-0.2, -0.15) is 0 Å². The number of nitrogens with zero attached hydrogens (tertiary/aromatic N) is 1. The molecule has 0 saturated carbocycles. The molecule has 0 fully saturated rings. The summed E-state index contributed by atoms with van der Waals surface area (Å²) in [6, 6.07) is -0.847. The third-order valence-corrected chi connectivity index (χ3v) is 14.0. The highest BCUT2D eigenvalue weighted by Crippen LogP contribution is 2.43. The van der Waals surface area contributed by atoms with Crippen LogP contribution in [0, 0.1) is 0 Å². The number of quaternary nitrogens is 1. The summed E-state index contributed by atoms with van der Waals surface area (Å²) in [7, 11) is 1.58. The third kappa shape index (κ3) is 53.8. The lowest BCUT2D eigenvalue weighted by molar-refractivity contribution is -0.870. The van der Waals surface area contributed by atoms with Crippen molar-refractivity contribution < 1.29 is 32.9 Å². The maximum absolute atomic E-state index is 13.0. The number of carbonyl (C=O) groups is 1. The van der Waals surface area contributed by atoms with Crippen LogP contribution in [0.25, 0.3) is 0 Å². The van der Waals surface area contributed by atoms with Crippen LogP contribution < -0.4 is 5.32 Å². The monoisotopic (exact) mass is 990 g/mol. The molecule has 9 heteroatoms. The first-order chi connectivity index (χ1) is 33.5. The molecule has 0 aromatic rings. The van der Waals surface area contributed by atoms with Gasteiger partial charge in [0.2, 0.25) is 5.91 Å². The van der Waals surface area contributed by atoms with Crippen molar-refractivity contribution in [2.24, 2.45) is 0 Å². The van der Waals surface area contributed by atoms with Crippen LogP contribution in [0.5, 0.6) is 0 Å². The van der Waals surface area contributed by atoms with E-state index in [0.29, 0.717) is 17.4 Å². The second-order valence-corrected chi connectivity index (χ2v) is 22.4. The van der Waals surface area contributed by atoms with E-state index in [1.807, 2.05) is 27.2 Å². The molecule has 0 heterocycles. The number of aliphatic hydroxyl groups is 1. The zero-order valence-electron chi connectivity index (χ0n) is 46.0. The van der Waals surface area contributed by atoms with Gasteiger partial charge in [-0.05, 0) is 57.8 Å². The Morgan fingerprint density at radius 2 is 0.870 bits per heavy atom. The van der Waals surface area contributed by atoms with E-state index in [4.69, 9.17) is 9.05 Å². The Kier molecular flexibility index (Phi) is 49.8. The predicted octanol–water partition coefficient (Wildman–Crippen LogP) is 17.7. The van der Waals surface area contributed by atoms with Crippen LogP contribution in [0.2, 0.25) is 0 Å². The van der Waals surface area contributed by atoms with E-state index in [0.717, 1.165) is 64.2 Å². The zero-order valence-corrected chi connectivity index (χ0v) is 46.9. The number of phosphoric acid groups is 1. The number of allylic oxidation sites excluding steroid dienone is 9. The first-order valence-corrected chi connectivity index (χ1v) is 30.7. The molecule has 0 aliphatic rings. The van der Waals surface area contributed by atoms with E-state index in [9.17, 15) is 19.4 Å². The van der Waals surface area contributed by atoms with Gasteiger partial charge in [-0.3, -0.25) is 13.8 Å². The summed E-state index contributed by atoms with van der Waals surface area (Å²) in [4.78, 5) is 23.3. The number of nitrogens with one attached hydrogen (secondary N) is 1. The largest absolute Gasteiger partial charge is 0.472 e. The standard InChI is InChI=1S/C60H113N2O6P/c1-6-8-10-12-14-16-18-20-22-24-25-26-27-28-29-30-31-32-33-34-35-36-37-38-40-42-44-46-48-50-52-54-60(64)61-58(57-68-69(65,66)67-56-55-62(3,4)5)59(63)53-51-49-47-45-43-41-39-23-21-19-17-15-13-11-9-7-2/h8,10,14,16,20,22,25-26,51,53,58-59,63H,6-7,9,11-13,15,17-19,21,23-24,27-50,52,54-57H2,1-5H3,(H-,61,64,65,66)/p+1/b10-8-,16-14-,22-20-,26-25-,53-51+. The lowest BCUT2D eigenvalue weighted by Crippen LogP contribution is -2.45. The van der Waals surface area contributed by atoms with Gasteiger partial charge in [0.1, 0.15) is 13.2 Å². The summed E-state index contributed by atoms with van der Waals surface area (Å²) >= 11 is 0. The van der Waals surface area contributed by atoms with Crippen LogP contribution in [0.3, 0.4) is 0 Å². The first-order valence-electron chi connectivity index (χ1n) is 29.2. The summed E-state index contributed by atoms with van der Waals surface area (Å²) in [5.41, 5.74) is 0. The Morgan fingerprint density at radius 1 is 0.507 bits per heavy atom. The highest BCUT2D eigenvalue weighted by Gasteiger charge is 2.27. The molecule has 3 atom stereocenters. The molecular formula is C60H114N2O6P+. The topological polar surface area (TPSA) is 105 Å². The molecule has 1 amide bonds. The molecule has 0 saturated heterocycles. The number of carbonyl (C=O) groups excluding carboxylic acids is 1. The van der Waals surface area contributed by atoms with E-state index < -0.39 is 20.0 Å². The molecule has 0 aliphatic carbocycles.